The standard InChI is InChI=1S/C10H13B.2H2O/c1-3-8(2)9-4-6-10(11)7-5-9;;/h4-8H,3H2,1-2H3;2*1H2. The third kappa shape index (κ3) is 4.11. The molecule has 3 heteroatoms. The van der Waals surface area contributed by atoms with Crippen molar-refractivity contribution in [2.24, 2.45) is 0 Å². The molecular formula is C10H17BO2. The molecule has 1 rings (SSSR count). The van der Waals surface area contributed by atoms with Crippen LogP contribution in [0.25, 0.3) is 0 Å². The van der Waals surface area contributed by atoms with Crippen LogP contribution in [0.1, 0.15) is 31.7 Å². The van der Waals surface area contributed by atoms with Gasteiger partial charge in [-0.1, -0.05) is 43.6 Å². The second-order valence-corrected chi connectivity index (χ2v) is 2.98. The number of hydrogen-bond donors (Lipinski definition) is 0. The maximum absolute atomic E-state index is 5.57. The molecule has 0 aliphatic carbocycles. The average molecular weight is 180 g/mol. The van der Waals surface area contributed by atoms with E-state index in [1.54, 1.807) is 0 Å². The summed E-state index contributed by atoms with van der Waals surface area (Å²) in [6.45, 7) is 4.42. The molecule has 0 saturated carbocycles. The molecule has 0 aromatic heterocycles. The predicted octanol–water partition coefficient (Wildman–Crippen LogP) is 0.344. The average Bonchev–Trinajstić information content (AvgIpc) is 2.05. The molecule has 2 radical (unpaired) electrons. The van der Waals surface area contributed by atoms with Crippen LogP contribution in [0, 0.1) is 0 Å². The van der Waals surface area contributed by atoms with Crippen LogP contribution in [0.2, 0.25) is 0 Å². The van der Waals surface area contributed by atoms with E-state index >= 15 is 0 Å². The fourth-order valence-electron chi connectivity index (χ4n) is 1.06. The van der Waals surface area contributed by atoms with Crippen molar-refractivity contribution in [3.8, 4) is 0 Å². The van der Waals surface area contributed by atoms with Crippen molar-refractivity contribution in [2.45, 2.75) is 26.2 Å². The molecule has 0 bridgehead atoms. The van der Waals surface area contributed by atoms with E-state index in [-0.39, 0.29) is 11.0 Å². The minimum absolute atomic E-state index is 0. The Morgan fingerprint density at radius 3 is 2.00 bits per heavy atom. The van der Waals surface area contributed by atoms with Crippen molar-refractivity contribution in [1.82, 2.24) is 0 Å². The van der Waals surface area contributed by atoms with Gasteiger partial charge in [0.25, 0.3) is 0 Å². The molecule has 72 valence electrons. The number of hydrogen-bond acceptors (Lipinski definition) is 0. The summed E-state index contributed by atoms with van der Waals surface area (Å²) in [4.78, 5) is 0. The maximum atomic E-state index is 5.57. The van der Waals surface area contributed by atoms with E-state index in [1.165, 1.54) is 12.0 Å². The minimum atomic E-state index is 0. The van der Waals surface area contributed by atoms with Crippen LogP contribution in [-0.4, -0.2) is 18.8 Å². The van der Waals surface area contributed by atoms with Crippen molar-refractivity contribution < 1.29 is 11.0 Å². The molecule has 4 N–H and O–H groups in total. The lowest BCUT2D eigenvalue weighted by Gasteiger charge is -2.08. The Morgan fingerprint density at radius 2 is 1.62 bits per heavy atom. The molecule has 0 heterocycles. The van der Waals surface area contributed by atoms with Gasteiger partial charge < -0.3 is 11.0 Å². The lowest BCUT2D eigenvalue weighted by molar-refractivity contribution is 0.734. The summed E-state index contributed by atoms with van der Waals surface area (Å²) in [5.74, 6) is 0.649. The first-order chi connectivity index (χ1) is 5.24. The van der Waals surface area contributed by atoms with Gasteiger partial charge >= 0.3 is 0 Å². The highest BCUT2D eigenvalue weighted by atomic mass is 16.0. The Hall–Kier alpha value is -0.795. The molecule has 1 unspecified atom stereocenters. The van der Waals surface area contributed by atoms with Gasteiger partial charge in [0.05, 0.1) is 0 Å². The van der Waals surface area contributed by atoms with Crippen molar-refractivity contribution in [3.05, 3.63) is 29.8 Å². The van der Waals surface area contributed by atoms with E-state index in [4.69, 9.17) is 7.85 Å². The summed E-state index contributed by atoms with van der Waals surface area (Å²) < 4.78 is 0. The third-order valence-electron chi connectivity index (χ3n) is 2.12. The van der Waals surface area contributed by atoms with E-state index in [0.29, 0.717) is 5.92 Å². The van der Waals surface area contributed by atoms with Crippen LogP contribution in [0.3, 0.4) is 0 Å². The van der Waals surface area contributed by atoms with Crippen LogP contribution in [0.15, 0.2) is 24.3 Å². The molecule has 0 amide bonds. The highest BCUT2D eigenvalue weighted by Crippen LogP contribution is 2.16. The van der Waals surface area contributed by atoms with Crippen LogP contribution < -0.4 is 5.46 Å². The van der Waals surface area contributed by atoms with Gasteiger partial charge in [-0.25, -0.2) is 0 Å². The highest BCUT2D eigenvalue weighted by Gasteiger charge is 2.00. The predicted molar refractivity (Wildman–Crippen MR) is 57.8 cm³/mol. The number of rotatable bonds is 2. The zero-order chi connectivity index (χ0) is 8.27. The van der Waals surface area contributed by atoms with Crippen LogP contribution >= 0.6 is 0 Å². The molecule has 0 saturated heterocycles. The molecule has 0 spiro atoms. The Balaban J connectivity index is 0. The van der Waals surface area contributed by atoms with Crippen LogP contribution in [-0.2, 0) is 0 Å². The van der Waals surface area contributed by atoms with Crippen molar-refractivity contribution in [2.75, 3.05) is 0 Å². The fourth-order valence-corrected chi connectivity index (χ4v) is 1.06. The van der Waals surface area contributed by atoms with E-state index in [2.05, 4.69) is 26.0 Å². The normalized spacial score (nSPS) is 10.9. The van der Waals surface area contributed by atoms with Crippen molar-refractivity contribution in [3.63, 3.8) is 0 Å². The zero-order valence-electron chi connectivity index (χ0n) is 8.17. The van der Waals surface area contributed by atoms with E-state index in [0.717, 1.165) is 5.46 Å². The highest BCUT2D eigenvalue weighted by molar-refractivity contribution is 6.32. The summed E-state index contributed by atoms with van der Waals surface area (Å²) in [6, 6.07) is 8.12. The number of benzene rings is 1. The SMILES string of the molecule is O.O.[B]c1ccc(C(C)CC)cc1. The molecule has 2 nitrogen and oxygen atoms in total. The van der Waals surface area contributed by atoms with Crippen LogP contribution in [0.4, 0.5) is 0 Å². The molecular weight excluding hydrogens is 163 g/mol. The van der Waals surface area contributed by atoms with Gasteiger partial charge in [-0.2, -0.15) is 0 Å². The quantitative estimate of drug-likeness (QED) is 0.589. The first kappa shape index (κ1) is 14.7. The Bertz CT molecular complexity index is 221. The monoisotopic (exact) mass is 180 g/mol. The molecule has 1 atom stereocenters. The van der Waals surface area contributed by atoms with Gasteiger partial charge in [0.2, 0.25) is 0 Å². The topological polar surface area (TPSA) is 63.0 Å². The zero-order valence-corrected chi connectivity index (χ0v) is 8.17. The molecule has 1 aromatic carbocycles. The minimum Gasteiger partial charge on any atom is -0.412 e. The first-order valence-corrected chi connectivity index (χ1v) is 4.09. The summed E-state index contributed by atoms with van der Waals surface area (Å²) in [5, 5.41) is 0. The van der Waals surface area contributed by atoms with Crippen LogP contribution in [0.5, 0.6) is 0 Å². The summed E-state index contributed by atoms with van der Waals surface area (Å²) in [6.07, 6.45) is 1.18. The second kappa shape index (κ2) is 6.69. The van der Waals surface area contributed by atoms with Crippen molar-refractivity contribution >= 4 is 13.3 Å². The summed E-state index contributed by atoms with van der Waals surface area (Å²) >= 11 is 0. The molecule has 13 heavy (non-hydrogen) atoms. The van der Waals surface area contributed by atoms with Gasteiger partial charge in [-0.05, 0) is 17.9 Å². The second-order valence-electron chi connectivity index (χ2n) is 2.98. The smallest absolute Gasteiger partial charge is 0.113 e. The molecule has 0 fully saturated rings. The molecule has 0 aliphatic rings. The van der Waals surface area contributed by atoms with Crippen molar-refractivity contribution in [1.29, 1.82) is 0 Å². The van der Waals surface area contributed by atoms with Gasteiger partial charge in [0.1, 0.15) is 7.85 Å². The Kier molecular flexibility index (Phi) is 7.57. The first-order valence-electron chi connectivity index (χ1n) is 4.09. The Labute approximate surface area is 81.0 Å². The fraction of sp³-hybridized carbons (Fsp3) is 0.400. The van der Waals surface area contributed by atoms with E-state index in [9.17, 15) is 0 Å². The maximum Gasteiger partial charge on any atom is 0.113 e. The van der Waals surface area contributed by atoms with E-state index < -0.39 is 0 Å². The van der Waals surface area contributed by atoms with Gasteiger partial charge in [0.15, 0.2) is 0 Å². The molecule has 0 aliphatic heterocycles. The largest absolute Gasteiger partial charge is 0.412 e. The third-order valence-corrected chi connectivity index (χ3v) is 2.12. The summed E-state index contributed by atoms with van der Waals surface area (Å²) in [5.41, 5.74) is 2.22. The molecule has 1 aromatic rings. The van der Waals surface area contributed by atoms with Gasteiger partial charge in [-0.3, -0.25) is 0 Å². The Morgan fingerprint density at radius 1 is 1.15 bits per heavy atom. The van der Waals surface area contributed by atoms with Gasteiger partial charge in [-0.15, -0.1) is 0 Å². The lowest BCUT2D eigenvalue weighted by atomic mass is 9.91. The van der Waals surface area contributed by atoms with E-state index in [1.807, 2.05) is 12.1 Å². The van der Waals surface area contributed by atoms with Gasteiger partial charge in [0, 0.05) is 0 Å². The summed E-state index contributed by atoms with van der Waals surface area (Å²) in [7, 11) is 5.57. The lowest BCUT2D eigenvalue weighted by Crippen LogP contribution is -2.01.